The van der Waals surface area contributed by atoms with E-state index in [1.165, 1.54) is 0 Å². The lowest BCUT2D eigenvalue weighted by Crippen LogP contribution is -2.28. The third-order valence-corrected chi connectivity index (χ3v) is 3.19. The highest BCUT2D eigenvalue weighted by molar-refractivity contribution is 9.10. The van der Waals surface area contributed by atoms with Gasteiger partial charge in [-0.3, -0.25) is 0 Å². The van der Waals surface area contributed by atoms with Crippen LogP contribution in [0.1, 0.15) is 10.4 Å². The number of nitrogens with one attached hydrogen (secondary N) is 1. The number of hydrogen-bond donors (Lipinski definition) is 2. The van der Waals surface area contributed by atoms with E-state index in [0.717, 1.165) is 17.6 Å². The number of carboxylic acids is 1. The van der Waals surface area contributed by atoms with Gasteiger partial charge in [0.05, 0.1) is 12.2 Å². The summed E-state index contributed by atoms with van der Waals surface area (Å²) < 4.78 is 5.75. The predicted molar refractivity (Wildman–Crippen MR) is 79.0 cm³/mol. The van der Waals surface area contributed by atoms with Crippen LogP contribution in [0, 0.1) is 0 Å². The molecule has 0 aliphatic rings. The SMILES string of the molecule is COCCN(C)CCNc1ccc(Br)cc1C(=O)O. The van der Waals surface area contributed by atoms with E-state index in [-0.39, 0.29) is 5.56 Å². The maximum Gasteiger partial charge on any atom is 0.337 e. The van der Waals surface area contributed by atoms with Crippen LogP contribution in [0.3, 0.4) is 0 Å². The van der Waals surface area contributed by atoms with Crippen LogP contribution in [0.5, 0.6) is 0 Å². The number of benzene rings is 1. The van der Waals surface area contributed by atoms with Crippen molar-refractivity contribution in [3.8, 4) is 0 Å². The molecular weight excluding hydrogens is 312 g/mol. The molecule has 1 aromatic carbocycles. The van der Waals surface area contributed by atoms with Crippen LogP contribution in [-0.4, -0.2) is 56.4 Å². The van der Waals surface area contributed by atoms with Gasteiger partial charge in [0, 0.05) is 36.9 Å². The van der Waals surface area contributed by atoms with Crippen molar-refractivity contribution in [3.63, 3.8) is 0 Å². The molecule has 0 aliphatic heterocycles. The second-order valence-electron chi connectivity index (χ2n) is 4.22. The number of rotatable bonds is 8. The predicted octanol–water partition coefficient (Wildman–Crippen LogP) is 2.14. The number of carbonyl (C=O) groups is 1. The van der Waals surface area contributed by atoms with Gasteiger partial charge in [-0.1, -0.05) is 15.9 Å². The van der Waals surface area contributed by atoms with Gasteiger partial charge in [-0.2, -0.15) is 0 Å². The lowest BCUT2D eigenvalue weighted by Gasteiger charge is -2.17. The number of halogens is 1. The zero-order valence-electron chi connectivity index (χ0n) is 11.1. The Balaban J connectivity index is 2.51. The standard InChI is InChI=1S/C13H19BrN2O3/c1-16(7-8-19-2)6-5-15-12-4-3-10(14)9-11(12)13(17)18/h3-4,9,15H,5-8H2,1-2H3,(H,17,18). The highest BCUT2D eigenvalue weighted by atomic mass is 79.9. The zero-order chi connectivity index (χ0) is 14.3. The molecule has 0 aliphatic carbocycles. The normalized spacial score (nSPS) is 10.7. The Morgan fingerprint density at radius 1 is 1.47 bits per heavy atom. The Bertz CT molecular complexity index is 426. The summed E-state index contributed by atoms with van der Waals surface area (Å²) in [6.07, 6.45) is 0. The van der Waals surface area contributed by atoms with Crippen molar-refractivity contribution in [2.75, 3.05) is 45.7 Å². The van der Waals surface area contributed by atoms with Crippen LogP contribution in [0.25, 0.3) is 0 Å². The van der Waals surface area contributed by atoms with Gasteiger partial charge in [0.2, 0.25) is 0 Å². The maximum absolute atomic E-state index is 11.1. The fourth-order valence-corrected chi connectivity index (χ4v) is 1.95. The molecule has 5 nitrogen and oxygen atoms in total. The summed E-state index contributed by atoms with van der Waals surface area (Å²) in [5.41, 5.74) is 0.907. The average Bonchev–Trinajstić information content (AvgIpc) is 2.37. The van der Waals surface area contributed by atoms with E-state index < -0.39 is 5.97 Å². The van der Waals surface area contributed by atoms with E-state index in [2.05, 4.69) is 26.1 Å². The monoisotopic (exact) mass is 330 g/mol. The van der Waals surface area contributed by atoms with Crippen molar-refractivity contribution >= 4 is 27.6 Å². The fraction of sp³-hybridized carbons (Fsp3) is 0.462. The van der Waals surface area contributed by atoms with Gasteiger partial charge in [0.25, 0.3) is 0 Å². The van der Waals surface area contributed by atoms with E-state index in [1.807, 2.05) is 13.1 Å². The van der Waals surface area contributed by atoms with Crippen LogP contribution >= 0.6 is 15.9 Å². The van der Waals surface area contributed by atoms with Crippen LogP contribution in [-0.2, 0) is 4.74 Å². The summed E-state index contributed by atoms with van der Waals surface area (Å²) in [6, 6.07) is 5.19. The van der Waals surface area contributed by atoms with Gasteiger partial charge in [-0.15, -0.1) is 0 Å². The molecule has 19 heavy (non-hydrogen) atoms. The van der Waals surface area contributed by atoms with Crippen molar-refractivity contribution in [1.82, 2.24) is 4.90 Å². The second kappa shape index (κ2) is 8.14. The molecule has 106 valence electrons. The molecule has 1 aromatic rings. The molecule has 0 amide bonds. The number of methoxy groups -OCH3 is 1. The quantitative estimate of drug-likeness (QED) is 0.764. The van der Waals surface area contributed by atoms with E-state index in [4.69, 9.17) is 9.84 Å². The third kappa shape index (κ3) is 5.59. The Morgan fingerprint density at radius 3 is 2.84 bits per heavy atom. The zero-order valence-corrected chi connectivity index (χ0v) is 12.7. The number of nitrogens with zero attached hydrogens (tertiary/aromatic N) is 1. The number of anilines is 1. The van der Waals surface area contributed by atoms with Crippen LogP contribution in [0.15, 0.2) is 22.7 Å². The first kappa shape index (κ1) is 15.9. The molecule has 0 heterocycles. The van der Waals surface area contributed by atoms with Crippen molar-refractivity contribution in [3.05, 3.63) is 28.2 Å². The van der Waals surface area contributed by atoms with Gasteiger partial charge in [-0.25, -0.2) is 4.79 Å². The molecule has 1 rings (SSSR count). The van der Waals surface area contributed by atoms with Gasteiger partial charge in [0.1, 0.15) is 0 Å². The van der Waals surface area contributed by atoms with Crippen molar-refractivity contribution in [1.29, 1.82) is 0 Å². The Morgan fingerprint density at radius 2 is 2.21 bits per heavy atom. The number of likely N-dealkylation sites (N-methyl/N-ethyl adjacent to an activating group) is 1. The molecule has 0 atom stereocenters. The highest BCUT2D eigenvalue weighted by Crippen LogP contribution is 2.20. The lowest BCUT2D eigenvalue weighted by atomic mass is 10.2. The molecular formula is C13H19BrN2O3. The minimum absolute atomic E-state index is 0.272. The molecule has 2 N–H and O–H groups in total. The van der Waals surface area contributed by atoms with E-state index in [1.54, 1.807) is 19.2 Å². The molecule has 0 saturated heterocycles. The lowest BCUT2D eigenvalue weighted by molar-refractivity contribution is 0.0698. The summed E-state index contributed by atoms with van der Waals surface area (Å²) >= 11 is 3.27. The van der Waals surface area contributed by atoms with Crippen LogP contribution in [0.4, 0.5) is 5.69 Å². The highest BCUT2D eigenvalue weighted by Gasteiger charge is 2.10. The number of ether oxygens (including phenoxy) is 1. The fourth-order valence-electron chi connectivity index (χ4n) is 1.59. The first-order chi connectivity index (χ1) is 9.04. The smallest absolute Gasteiger partial charge is 0.337 e. The van der Waals surface area contributed by atoms with Gasteiger partial charge < -0.3 is 20.1 Å². The van der Waals surface area contributed by atoms with Gasteiger partial charge in [0.15, 0.2) is 0 Å². The number of hydrogen-bond acceptors (Lipinski definition) is 4. The molecule has 0 fully saturated rings. The number of carboxylic acid groups (broad SMARTS) is 1. The maximum atomic E-state index is 11.1. The van der Waals surface area contributed by atoms with Gasteiger partial charge >= 0.3 is 5.97 Å². The van der Waals surface area contributed by atoms with Crippen molar-refractivity contribution in [2.24, 2.45) is 0 Å². The van der Waals surface area contributed by atoms with Crippen molar-refractivity contribution < 1.29 is 14.6 Å². The Hall–Kier alpha value is -1.11. The molecule has 0 unspecified atom stereocenters. The third-order valence-electron chi connectivity index (χ3n) is 2.70. The van der Waals surface area contributed by atoms with Crippen molar-refractivity contribution in [2.45, 2.75) is 0 Å². The molecule has 0 spiro atoms. The average molecular weight is 331 g/mol. The summed E-state index contributed by atoms with van der Waals surface area (Å²) in [5, 5.41) is 12.3. The van der Waals surface area contributed by atoms with Crippen LogP contribution < -0.4 is 5.32 Å². The first-order valence-electron chi connectivity index (χ1n) is 5.98. The molecule has 0 bridgehead atoms. The summed E-state index contributed by atoms with van der Waals surface area (Å²) in [6.45, 7) is 3.04. The van der Waals surface area contributed by atoms with E-state index >= 15 is 0 Å². The largest absolute Gasteiger partial charge is 0.478 e. The molecule has 0 saturated carbocycles. The number of aromatic carboxylic acids is 1. The Labute approximate surface area is 121 Å². The second-order valence-corrected chi connectivity index (χ2v) is 5.13. The molecule has 6 heteroatoms. The van der Waals surface area contributed by atoms with E-state index in [9.17, 15) is 4.79 Å². The summed E-state index contributed by atoms with van der Waals surface area (Å²) in [4.78, 5) is 13.2. The summed E-state index contributed by atoms with van der Waals surface area (Å²) in [5.74, 6) is -0.934. The van der Waals surface area contributed by atoms with Gasteiger partial charge in [-0.05, 0) is 25.2 Å². The molecule has 0 radical (unpaired) electrons. The first-order valence-corrected chi connectivity index (χ1v) is 6.78. The topological polar surface area (TPSA) is 61.8 Å². The minimum Gasteiger partial charge on any atom is -0.478 e. The minimum atomic E-state index is -0.934. The van der Waals surface area contributed by atoms with E-state index in [0.29, 0.717) is 18.8 Å². The summed E-state index contributed by atoms with van der Waals surface area (Å²) in [7, 11) is 3.67. The molecule has 0 aromatic heterocycles. The Kier molecular flexibility index (Phi) is 6.83. The van der Waals surface area contributed by atoms with Crippen LogP contribution in [0.2, 0.25) is 0 Å².